The summed E-state index contributed by atoms with van der Waals surface area (Å²) in [5, 5.41) is 2.98. The van der Waals surface area contributed by atoms with Crippen molar-refractivity contribution in [3.8, 4) is 5.75 Å². The van der Waals surface area contributed by atoms with E-state index in [1.807, 2.05) is 50.2 Å². The van der Waals surface area contributed by atoms with Crippen LogP contribution in [0.4, 0.5) is 5.69 Å². The molecule has 0 aromatic heterocycles. The van der Waals surface area contributed by atoms with Crippen molar-refractivity contribution < 1.29 is 17.9 Å². The molecule has 0 saturated heterocycles. The average Bonchev–Trinajstić information content (AvgIpc) is 2.82. The first-order valence-corrected chi connectivity index (χ1v) is 11.9. The molecule has 0 bridgehead atoms. The summed E-state index contributed by atoms with van der Waals surface area (Å²) in [6.45, 7) is 3.47. The van der Waals surface area contributed by atoms with Gasteiger partial charge >= 0.3 is 0 Å². The molecular weight excluding hydrogens is 424 g/mol. The molecule has 0 radical (unpaired) electrons. The first kappa shape index (κ1) is 23.3. The zero-order valence-corrected chi connectivity index (χ0v) is 19.3. The van der Waals surface area contributed by atoms with Crippen molar-refractivity contribution in [2.24, 2.45) is 0 Å². The molecule has 0 aliphatic carbocycles. The molecule has 6 nitrogen and oxygen atoms in total. The lowest BCUT2D eigenvalue weighted by atomic mass is 10.0. The number of para-hydroxylation sites is 1. The molecule has 0 heterocycles. The van der Waals surface area contributed by atoms with Crippen LogP contribution < -0.4 is 14.4 Å². The topological polar surface area (TPSA) is 75.7 Å². The number of anilines is 1. The molecule has 168 valence electrons. The second-order valence-corrected chi connectivity index (χ2v) is 9.28. The van der Waals surface area contributed by atoms with E-state index in [0.717, 1.165) is 16.9 Å². The number of ether oxygens (including phenoxy) is 1. The third kappa shape index (κ3) is 5.29. The fourth-order valence-electron chi connectivity index (χ4n) is 3.49. The van der Waals surface area contributed by atoms with E-state index in [9.17, 15) is 13.2 Å². The molecule has 3 rings (SSSR count). The van der Waals surface area contributed by atoms with Gasteiger partial charge in [0.05, 0.1) is 23.7 Å². The van der Waals surface area contributed by atoms with Crippen LogP contribution in [0.2, 0.25) is 0 Å². The van der Waals surface area contributed by atoms with Crippen LogP contribution in [0.25, 0.3) is 0 Å². The summed E-state index contributed by atoms with van der Waals surface area (Å²) >= 11 is 0. The number of amides is 1. The Morgan fingerprint density at radius 1 is 0.969 bits per heavy atom. The molecular formula is C25H28N2O4S. The predicted molar refractivity (Wildman–Crippen MR) is 126 cm³/mol. The van der Waals surface area contributed by atoms with Crippen molar-refractivity contribution in [3.05, 3.63) is 90.0 Å². The maximum absolute atomic E-state index is 13.4. The van der Waals surface area contributed by atoms with E-state index >= 15 is 0 Å². The Balaban J connectivity index is 1.89. The van der Waals surface area contributed by atoms with Gasteiger partial charge in [0.2, 0.25) is 5.91 Å². The lowest BCUT2D eigenvalue weighted by Gasteiger charge is -2.27. The number of nitrogens with zero attached hydrogens (tertiary/aromatic N) is 1. The minimum absolute atomic E-state index is 0.137. The number of hydrogen-bond acceptors (Lipinski definition) is 4. The van der Waals surface area contributed by atoms with Gasteiger partial charge in [-0.25, -0.2) is 8.42 Å². The lowest BCUT2D eigenvalue weighted by molar-refractivity contribution is -0.120. The van der Waals surface area contributed by atoms with E-state index in [0.29, 0.717) is 12.1 Å². The Labute approximate surface area is 189 Å². The molecule has 0 unspecified atom stereocenters. The average molecular weight is 453 g/mol. The fraction of sp³-hybridized carbons (Fsp3) is 0.240. The minimum atomic E-state index is -3.93. The number of hydrogen-bond donors (Lipinski definition) is 1. The summed E-state index contributed by atoms with van der Waals surface area (Å²) in [7, 11) is -2.33. The Hall–Kier alpha value is -3.32. The summed E-state index contributed by atoms with van der Waals surface area (Å²) in [4.78, 5) is 13.2. The maximum Gasteiger partial charge on any atom is 0.264 e. The van der Waals surface area contributed by atoms with Crippen LogP contribution in [0.3, 0.4) is 0 Å². The van der Waals surface area contributed by atoms with Gasteiger partial charge in [0.15, 0.2) is 0 Å². The van der Waals surface area contributed by atoms with Gasteiger partial charge in [-0.1, -0.05) is 55.5 Å². The molecule has 0 aliphatic rings. The number of rotatable bonds is 9. The molecule has 0 spiro atoms. The standard InChI is InChI=1S/C25H28N2O4S/c1-4-23(20-14-16-21(31-3)17-15-20)26-25(28)18-27(24-13-9-8-10-19(24)2)32(29,30)22-11-6-5-7-12-22/h5-17,23H,4,18H2,1-3H3,(H,26,28)/t23-/m1/s1. The monoisotopic (exact) mass is 452 g/mol. The van der Waals surface area contributed by atoms with E-state index in [-0.39, 0.29) is 23.4 Å². The lowest BCUT2D eigenvalue weighted by Crippen LogP contribution is -2.42. The zero-order chi connectivity index (χ0) is 23.1. The number of aryl methyl sites for hydroxylation is 1. The van der Waals surface area contributed by atoms with Crippen LogP contribution in [0.15, 0.2) is 83.8 Å². The van der Waals surface area contributed by atoms with Gasteiger partial charge in [-0.15, -0.1) is 0 Å². The van der Waals surface area contributed by atoms with E-state index in [1.165, 1.54) is 16.4 Å². The SMILES string of the molecule is CC[C@@H](NC(=O)CN(c1ccccc1C)S(=O)(=O)c1ccccc1)c1ccc(OC)cc1. The van der Waals surface area contributed by atoms with Crippen LogP contribution in [0, 0.1) is 6.92 Å². The van der Waals surface area contributed by atoms with Gasteiger partial charge in [0.25, 0.3) is 10.0 Å². The molecule has 1 N–H and O–H groups in total. The van der Waals surface area contributed by atoms with E-state index in [1.54, 1.807) is 37.4 Å². The number of carbonyl (C=O) groups excluding carboxylic acids is 1. The Morgan fingerprint density at radius 3 is 2.19 bits per heavy atom. The molecule has 0 saturated carbocycles. The molecule has 0 fully saturated rings. The molecule has 0 aliphatic heterocycles. The summed E-state index contributed by atoms with van der Waals surface area (Å²) in [6, 6.07) is 22.5. The highest BCUT2D eigenvalue weighted by Crippen LogP contribution is 2.27. The third-order valence-electron chi connectivity index (χ3n) is 5.26. The molecule has 7 heteroatoms. The van der Waals surface area contributed by atoms with Crippen molar-refractivity contribution in [1.29, 1.82) is 0 Å². The van der Waals surface area contributed by atoms with Gasteiger partial charge in [-0.2, -0.15) is 0 Å². The Kier molecular flexibility index (Phi) is 7.53. The minimum Gasteiger partial charge on any atom is -0.497 e. The first-order chi connectivity index (χ1) is 15.4. The van der Waals surface area contributed by atoms with Crippen LogP contribution in [-0.2, 0) is 14.8 Å². The molecule has 1 amide bonds. The van der Waals surface area contributed by atoms with E-state index in [2.05, 4.69) is 5.32 Å². The van der Waals surface area contributed by atoms with Gasteiger partial charge in [0, 0.05) is 0 Å². The third-order valence-corrected chi connectivity index (χ3v) is 7.04. The maximum atomic E-state index is 13.4. The van der Waals surface area contributed by atoms with Crippen molar-refractivity contribution in [2.45, 2.75) is 31.2 Å². The van der Waals surface area contributed by atoms with E-state index in [4.69, 9.17) is 4.74 Å². The van der Waals surface area contributed by atoms with Crippen LogP contribution in [-0.4, -0.2) is 28.0 Å². The van der Waals surface area contributed by atoms with Crippen molar-refractivity contribution >= 4 is 21.6 Å². The first-order valence-electron chi connectivity index (χ1n) is 10.4. The molecule has 32 heavy (non-hydrogen) atoms. The van der Waals surface area contributed by atoms with Crippen molar-refractivity contribution in [2.75, 3.05) is 18.0 Å². The van der Waals surface area contributed by atoms with Crippen molar-refractivity contribution in [1.82, 2.24) is 5.32 Å². The van der Waals surface area contributed by atoms with Crippen molar-refractivity contribution in [3.63, 3.8) is 0 Å². The number of methoxy groups -OCH3 is 1. The van der Waals surface area contributed by atoms with Crippen LogP contribution in [0.5, 0.6) is 5.75 Å². The fourth-order valence-corrected chi connectivity index (χ4v) is 5.00. The Morgan fingerprint density at radius 2 is 1.59 bits per heavy atom. The normalized spacial score (nSPS) is 12.1. The van der Waals surface area contributed by atoms with Crippen LogP contribution in [0.1, 0.15) is 30.5 Å². The van der Waals surface area contributed by atoms with Gasteiger partial charge in [-0.05, 0) is 54.8 Å². The van der Waals surface area contributed by atoms with Crippen LogP contribution >= 0.6 is 0 Å². The number of nitrogens with one attached hydrogen (secondary N) is 1. The summed E-state index contributed by atoms with van der Waals surface area (Å²) in [6.07, 6.45) is 0.661. The molecule has 3 aromatic rings. The molecule has 3 aromatic carbocycles. The second kappa shape index (κ2) is 10.3. The summed E-state index contributed by atoms with van der Waals surface area (Å²) < 4.78 is 33.3. The summed E-state index contributed by atoms with van der Waals surface area (Å²) in [5.74, 6) is 0.352. The molecule has 1 atom stereocenters. The quantitative estimate of drug-likeness (QED) is 0.520. The largest absolute Gasteiger partial charge is 0.497 e. The highest BCUT2D eigenvalue weighted by Gasteiger charge is 2.28. The highest BCUT2D eigenvalue weighted by atomic mass is 32.2. The smallest absolute Gasteiger partial charge is 0.264 e. The van der Waals surface area contributed by atoms with Gasteiger partial charge in [-0.3, -0.25) is 9.10 Å². The zero-order valence-electron chi connectivity index (χ0n) is 18.5. The highest BCUT2D eigenvalue weighted by molar-refractivity contribution is 7.92. The van der Waals surface area contributed by atoms with Gasteiger partial charge < -0.3 is 10.1 Å². The second-order valence-electron chi connectivity index (χ2n) is 7.41. The van der Waals surface area contributed by atoms with Gasteiger partial charge in [0.1, 0.15) is 12.3 Å². The van der Waals surface area contributed by atoms with E-state index < -0.39 is 10.0 Å². The number of benzene rings is 3. The predicted octanol–water partition coefficient (Wildman–Crippen LogP) is 4.47. The summed E-state index contributed by atoms with van der Waals surface area (Å²) in [5.41, 5.74) is 2.17. The number of sulfonamides is 1. The Bertz CT molecular complexity index is 1150. The number of carbonyl (C=O) groups is 1.